The van der Waals surface area contributed by atoms with Crippen molar-refractivity contribution < 1.29 is 14.3 Å². The molecule has 30 heavy (non-hydrogen) atoms. The third kappa shape index (κ3) is 4.10. The number of ether oxygens (including phenoxy) is 1. The Labute approximate surface area is 175 Å². The minimum atomic E-state index is -0.937. The summed E-state index contributed by atoms with van der Waals surface area (Å²) in [4.78, 5) is 26.7. The van der Waals surface area contributed by atoms with Crippen molar-refractivity contribution in [3.8, 4) is 5.69 Å². The summed E-state index contributed by atoms with van der Waals surface area (Å²) in [7, 11) is 0. The number of carbonyl (C=O) groups excluding carboxylic acids is 2. The first-order chi connectivity index (χ1) is 14.5. The van der Waals surface area contributed by atoms with Gasteiger partial charge in [0.1, 0.15) is 0 Å². The van der Waals surface area contributed by atoms with E-state index in [1.165, 1.54) is 10.4 Å². The maximum absolute atomic E-state index is 12.7. The second kappa shape index (κ2) is 8.49. The molecule has 1 N–H and O–H groups in total. The van der Waals surface area contributed by atoms with Crippen LogP contribution in [-0.4, -0.2) is 33.0 Å². The number of nitrogens with one attached hydrogen (secondary N) is 1. The Morgan fingerprint density at radius 2 is 1.83 bits per heavy atom. The smallest absolute Gasteiger partial charge is 0.361 e. The lowest BCUT2D eigenvalue weighted by Gasteiger charge is -2.27. The minimum absolute atomic E-state index is 0.0655. The summed E-state index contributed by atoms with van der Waals surface area (Å²) in [6.45, 7) is 3.26. The van der Waals surface area contributed by atoms with Crippen molar-refractivity contribution in [2.24, 2.45) is 0 Å². The first kappa shape index (κ1) is 19.8. The number of benzene rings is 2. The van der Waals surface area contributed by atoms with E-state index in [0.717, 1.165) is 30.5 Å². The largest absolute Gasteiger partial charge is 0.448 e. The standard InChI is InChI=1S/C23H24N4O3/c1-15-21(26-27(25-15)18-11-4-3-5-12-18)23(29)30-16(2)22(28)24-20-14-8-10-17-9-6-7-13-19(17)20/h3-7,9,11-13,16,20H,8,10,14H2,1-2H3,(H,24,28)/t16-,20-/m1/s1. The second-order valence-electron chi connectivity index (χ2n) is 7.46. The Kier molecular flexibility index (Phi) is 5.61. The van der Waals surface area contributed by atoms with Crippen LogP contribution in [-0.2, 0) is 16.0 Å². The van der Waals surface area contributed by atoms with Crippen LogP contribution in [0.4, 0.5) is 0 Å². The quantitative estimate of drug-likeness (QED) is 0.660. The molecule has 0 saturated heterocycles. The van der Waals surface area contributed by atoms with Gasteiger partial charge in [-0.2, -0.15) is 9.90 Å². The van der Waals surface area contributed by atoms with Gasteiger partial charge in [0.05, 0.1) is 17.4 Å². The molecule has 0 fully saturated rings. The van der Waals surface area contributed by atoms with Crippen molar-refractivity contribution in [2.75, 3.05) is 0 Å². The lowest BCUT2D eigenvalue weighted by atomic mass is 9.87. The summed E-state index contributed by atoms with van der Waals surface area (Å²) in [5, 5.41) is 11.5. The molecule has 3 aromatic rings. The molecule has 7 nitrogen and oxygen atoms in total. The summed E-state index contributed by atoms with van der Waals surface area (Å²) in [5.74, 6) is -0.987. The predicted molar refractivity (Wildman–Crippen MR) is 111 cm³/mol. The van der Waals surface area contributed by atoms with E-state index in [1.54, 1.807) is 13.8 Å². The number of hydrogen-bond acceptors (Lipinski definition) is 5. The molecule has 0 bridgehead atoms. The molecule has 0 unspecified atom stereocenters. The van der Waals surface area contributed by atoms with Gasteiger partial charge in [0.2, 0.25) is 0 Å². The van der Waals surface area contributed by atoms with E-state index < -0.39 is 12.1 Å². The second-order valence-corrected chi connectivity index (χ2v) is 7.46. The molecule has 4 rings (SSSR count). The molecule has 2 aromatic carbocycles. The van der Waals surface area contributed by atoms with Crippen LogP contribution in [0.3, 0.4) is 0 Å². The molecule has 0 spiro atoms. The van der Waals surface area contributed by atoms with E-state index >= 15 is 0 Å². The van der Waals surface area contributed by atoms with Gasteiger partial charge < -0.3 is 10.1 Å². The van der Waals surface area contributed by atoms with Crippen molar-refractivity contribution in [1.82, 2.24) is 20.3 Å². The zero-order valence-corrected chi connectivity index (χ0v) is 17.0. The molecule has 1 aliphatic rings. The summed E-state index contributed by atoms with van der Waals surface area (Å²) >= 11 is 0. The molecule has 1 aliphatic carbocycles. The summed E-state index contributed by atoms with van der Waals surface area (Å²) in [6, 6.07) is 17.4. The lowest BCUT2D eigenvalue weighted by molar-refractivity contribution is -0.130. The summed E-state index contributed by atoms with van der Waals surface area (Å²) in [6.07, 6.45) is 1.96. The monoisotopic (exact) mass is 404 g/mol. The molecular formula is C23H24N4O3. The number of nitrogens with zero attached hydrogens (tertiary/aromatic N) is 3. The Morgan fingerprint density at radius 3 is 2.63 bits per heavy atom. The first-order valence-electron chi connectivity index (χ1n) is 10.1. The molecule has 0 aliphatic heterocycles. The van der Waals surface area contributed by atoms with Gasteiger partial charge >= 0.3 is 5.97 Å². The van der Waals surface area contributed by atoms with E-state index in [9.17, 15) is 9.59 Å². The van der Waals surface area contributed by atoms with E-state index in [4.69, 9.17) is 4.74 Å². The highest BCUT2D eigenvalue weighted by atomic mass is 16.5. The van der Waals surface area contributed by atoms with E-state index in [0.29, 0.717) is 5.69 Å². The molecular weight excluding hydrogens is 380 g/mol. The summed E-state index contributed by atoms with van der Waals surface area (Å²) < 4.78 is 5.39. The van der Waals surface area contributed by atoms with Gasteiger partial charge in [-0.05, 0) is 56.4 Å². The third-order valence-corrected chi connectivity index (χ3v) is 5.30. The first-order valence-corrected chi connectivity index (χ1v) is 10.1. The van der Waals surface area contributed by atoms with Gasteiger partial charge in [0.25, 0.3) is 5.91 Å². The van der Waals surface area contributed by atoms with Crippen molar-refractivity contribution >= 4 is 11.9 Å². The van der Waals surface area contributed by atoms with Gasteiger partial charge in [0, 0.05) is 0 Å². The maximum atomic E-state index is 12.7. The Hall–Kier alpha value is -3.48. The van der Waals surface area contributed by atoms with Gasteiger partial charge in [-0.3, -0.25) is 4.79 Å². The van der Waals surface area contributed by atoms with Crippen LogP contribution in [0.1, 0.15) is 53.1 Å². The van der Waals surface area contributed by atoms with Gasteiger partial charge in [-0.1, -0.05) is 42.5 Å². The van der Waals surface area contributed by atoms with Crippen LogP contribution >= 0.6 is 0 Å². The van der Waals surface area contributed by atoms with Crippen LogP contribution in [0.15, 0.2) is 54.6 Å². The van der Waals surface area contributed by atoms with E-state index in [1.807, 2.05) is 48.5 Å². The number of para-hydroxylation sites is 1. The molecule has 154 valence electrons. The fourth-order valence-electron chi connectivity index (χ4n) is 3.71. The van der Waals surface area contributed by atoms with Crippen LogP contribution in [0.5, 0.6) is 0 Å². The summed E-state index contributed by atoms with van der Waals surface area (Å²) in [5.41, 5.74) is 3.67. The van der Waals surface area contributed by atoms with Crippen LogP contribution in [0.2, 0.25) is 0 Å². The van der Waals surface area contributed by atoms with Gasteiger partial charge in [-0.25, -0.2) is 4.79 Å². The molecule has 1 amide bonds. The Balaban J connectivity index is 1.42. The highest BCUT2D eigenvalue weighted by Gasteiger charge is 2.27. The van der Waals surface area contributed by atoms with Crippen molar-refractivity contribution in [1.29, 1.82) is 0 Å². The number of hydrogen-bond donors (Lipinski definition) is 1. The average molecular weight is 404 g/mol. The predicted octanol–water partition coefficient (Wildman–Crippen LogP) is 3.31. The molecule has 0 radical (unpaired) electrons. The number of esters is 1. The third-order valence-electron chi connectivity index (χ3n) is 5.30. The highest BCUT2D eigenvalue weighted by Crippen LogP contribution is 2.29. The molecule has 7 heteroatoms. The normalized spacial score (nSPS) is 16.4. The molecule has 1 aromatic heterocycles. The maximum Gasteiger partial charge on any atom is 0.361 e. The van der Waals surface area contributed by atoms with Crippen LogP contribution in [0, 0.1) is 6.92 Å². The number of aromatic nitrogens is 3. The topological polar surface area (TPSA) is 86.1 Å². The number of fused-ring (bicyclic) bond motifs is 1. The minimum Gasteiger partial charge on any atom is -0.448 e. The van der Waals surface area contributed by atoms with Gasteiger partial charge in [-0.15, -0.1) is 5.10 Å². The van der Waals surface area contributed by atoms with Crippen LogP contribution in [0.25, 0.3) is 5.69 Å². The highest BCUT2D eigenvalue weighted by molar-refractivity contribution is 5.91. The molecule has 1 heterocycles. The zero-order valence-electron chi connectivity index (χ0n) is 17.0. The fraction of sp³-hybridized carbons (Fsp3) is 0.304. The lowest BCUT2D eigenvalue weighted by Crippen LogP contribution is -2.39. The zero-order chi connectivity index (χ0) is 21.1. The van der Waals surface area contributed by atoms with Crippen molar-refractivity contribution in [3.05, 3.63) is 77.1 Å². The molecule has 0 saturated carbocycles. The van der Waals surface area contributed by atoms with Gasteiger partial charge in [0.15, 0.2) is 11.8 Å². The van der Waals surface area contributed by atoms with E-state index in [2.05, 4.69) is 21.6 Å². The number of amides is 1. The van der Waals surface area contributed by atoms with Crippen molar-refractivity contribution in [3.63, 3.8) is 0 Å². The average Bonchev–Trinajstić information content (AvgIpc) is 3.16. The Morgan fingerprint density at radius 1 is 1.10 bits per heavy atom. The van der Waals surface area contributed by atoms with Crippen LogP contribution < -0.4 is 5.32 Å². The number of carbonyl (C=O) groups is 2. The number of aryl methyl sites for hydroxylation is 2. The number of rotatable bonds is 5. The van der Waals surface area contributed by atoms with Crippen molar-refractivity contribution in [2.45, 2.75) is 45.3 Å². The Bertz CT molecular complexity index is 1060. The van der Waals surface area contributed by atoms with E-state index in [-0.39, 0.29) is 17.6 Å². The SMILES string of the molecule is Cc1nn(-c2ccccc2)nc1C(=O)O[C@H](C)C(=O)N[C@@H]1CCCc2ccccc21. The fourth-order valence-corrected chi connectivity index (χ4v) is 3.71. The molecule has 2 atom stereocenters.